The molecule has 0 spiro atoms. The number of hydrogen-bond donors (Lipinski definition) is 2. The maximum atomic E-state index is 12.5. The number of thiazole rings is 1. The van der Waals surface area contributed by atoms with Gasteiger partial charge in [0.2, 0.25) is 0 Å². The van der Waals surface area contributed by atoms with Gasteiger partial charge < -0.3 is 14.8 Å². The smallest absolute Gasteiger partial charge is 0.261 e. The molecule has 0 saturated heterocycles. The van der Waals surface area contributed by atoms with Gasteiger partial charge in [-0.3, -0.25) is 10.1 Å². The van der Waals surface area contributed by atoms with Crippen LogP contribution in [0, 0.1) is 0 Å². The standard InChI is InChI=1S/C19H16ClN3O3S2/c1-25-13-6-3-11(4-7-13)15-10-28-19(21-15)23-18(27)22-17(24)14-9-12(20)5-8-16(14)26-2/h3-10H,1-2H3,(H2,21,22,23,24,27). The number of rotatable bonds is 5. The highest BCUT2D eigenvalue weighted by Gasteiger charge is 2.15. The molecule has 1 amide bonds. The zero-order valence-electron chi connectivity index (χ0n) is 15.0. The Morgan fingerprint density at radius 2 is 1.89 bits per heavy atom. The number of aromatic nitrogens is 1. The van der Waals surface area contributed by atoms with Crippen LogP contribution < -0.4 is 20.1 Å². The molecule has 0 saturated carbocycles. The molecule has 9 heteroatoms. The average molecular weight is 434 g/mol. The van der Waals surface area contributed by atoms with Gasteiger partial charge >= 0.3 is 0 Å². The number of halogens is 1. The van der Waals surface area contributed by atoms with E-state index in [1.807, 2.05) is 29.6 Å². The van der Waals surface area contributed by atoms with E-state index in [-0.39, 0.29) is 10.7 Å². The van der Waals surface area contributed by atoms with Gasteiger partial charge in [-0.05, 0) is 54.7 Å². The van der Waals surface area contributed by atoms with Crippen molar-refractivity contribution in [3.05, 3.63) is 58.4 Å². The van der Waals surface area contributed by atoms with E-state index < -0.39 is 5.91 Å². The first-order valence-electron chi connectivity index (χ1n) is 8.06. The van der Waals surface area contributed by atoms with Crippen molar-refractivity contribution >= 4 is 51.3 Å². The molecule has 6 nitrogen and oxygen atoms in total. The molecule has 1 aromatic heterocycles. The number of methoxy groups -OCH3 is 2. The Labute approximate surface area is 176 Å². The summed E-state index contributed by atoms with van der Waals surface area (Å²) in [5.41, 5.74) is 2.03. The Morgan fingerprint density at radius 3 is 2.57 bits per heavy atom. The summed E-state index contributed by atoms with van der Waals surface area (Å²) in [5, 5.41) is 8.53. The van der Waals surface area contributed by atoms with Gasteiger partial charge in [0.25, 0.3) is 5.91 Å². The van der Waals surface area contributed by atoms with Crippen LogP contribution in [0.4, 0.5) is 5.13 Å². The van der Waals surface area contributed by atoms with Gasteiger partial charge in [0.05, 0.1) is 25.5 Å². The van der Waals surface area contributed by atoms with E-state index in [4.69, 9.17) is 33.3 Å². The summed E-state index contributed by atoms with van der Waals surface area (Å²) in [6.07, 6.45) is 0. The van der Waals surface area contributed by atoms with Crippen LogP contribution in [0.1, 0.15) is 10.4 Å². The van der Waals surface area contributed by atoms with Gasteiger partial charge in [-0.2, -0.15) is 0 Å². The van der Waals surface area contributed by atoms with Gasteiger partial charge in [0.15, 0.2) is 10.2 Å². The molecule has 0 aliphatic carbocycles. The highest BCUT2D eigenvalue weighted by Crippen LogP contribution is 2.26. The molecule has 2 aromatic carbocycles. The SMILES string of the molecule is COc1ccc(-c2csc(NC(=S)NC(=O)c3cc(Cl)ccc3OC)n2)cc1. The minimum Gasteiger partial charge on any atom is -0.497 e. The lowest BCUT2D eigenvalue weighted by molar-refractivity contribution is 0.0975. The molecule has 0 fully saturated rings. The maximum absolute atomic E-state index is 12.5. The second-order valence-corrected chi connectivity index (χ2v) is 7.22. The van der Waals surface area contributed by atoms with E-state index in [0.29, 0.717) is 15.9 Å². The number of amides is 1. The number of thiocarbonyl (C=S) groups is 1. The number of nitrogens with one attached hydrogen (secondary N) is 2. The van der Waals surface area contributed by atoms with Crippen molar-refractivity contribution in [3.8, 4) is 22.8 Å². The van der Waals surface area contributed by atoms with E-state index in [1.165, 1.54) is 24.5 Å². The van der Waals surface area contributed by atoms with Crippen LogP contribution in [-0.2, 0) is 0 Å². The third kappa shape index (κ3) is 4.78. The Bertz CT molecular complexity index is 1010. The van der Waals surface area contributed by atoms with E-state index >= 15 is 0 Å². The lowest BCUT2D eigenvalue weighted by Crippen LogP contribution is -2.34. The molecule has 0 bridgehead atoms. The quantitative estimate of drug-likeness (QED) is 0.572. The lowest BCUT2D eigenvalue weighted by atomic mass is 10.2. The van der Waals surface area contributed by atoms with Crippen molar-refractivity contribution < 1.29 is 14.3 Å². The third-order valence-electron chi connectivity index (χ3n) is 3.74. The van der Waals surface area contributed by atoms with E-state index in [1.54, 1.807) is 19.2 Å². The maximum Gasteiger partial charge on any atom is 0.261 e. The number of anilines is 1. The topological polar surface area (TPSA) is 72.5 Å². The second-order valence-electron chi connectivity index (χ2n) is 5.52. The molecule has 0 atom stereocenters. The first kappa shape index (κ1) is 20.1. The van der Waals surface area contributed by atoms with Crippen LogP contribution in [0.5, 0.6) is 11.5 Å². The van der Waals surface area contributed by atoms with Crippen LogP contribution in [0.2, 0.25) is 5.02 Å². The number of nitrogens with zero attached hydrogens (tertiary/aromatic N) is 1. The molecule has 3 rings (SSSR count). The van der Waals surface area contributed by atoms with Crippen molar-refractivity contribution in [2.75, 3.05) is 19.5 Å². The van der Waals surface area contributed by atoms with Crippen molar-refractivity contribution in [3.63, 3.8) is 0 Å². The van der Waals surface area contributed by atoms with Crippen molar-refractivity contribution in [2.45, 2.75) is 0 Å². The molecule has 1 heterocycles. The number of hydrogen-bond acceptors (Lipinski definition) is 6. The normalized spacial score (nSPS) is 10.2. The fourth-order valence-electron chi connectivity index (χ4n) is 2.38. The molecule has 144 valence electrons. The molecule has 0 aliphatic heterocycles. The average Bonchev–Trinajstić information content (AvgIpc) is 3.16. The summed E-state index contributed by atoms with van der Waals surface area (Å²) in [4.78, 5) is 16.9. The van der Waals surface area contributed by atoms with Crippen molar-refractivity contribution in [1.82, 2.24) is 10.3 Å². The van der Waals surface area contributed by atoms with Gasteiger partial charge in [-0.15, -0.1) is 11.3 Å². The summed E-state index contributed by atoms with van der Waals surface area (Å²) >= 11 is 12.6. The highest BCUT2D eigenvalue weighted by molar-refractivity contribution is 7.80. The first-order chi connectivity index (χ1) is 13.5. The van der Waals surface area contributed by atoms with Gasteiger partial charge in [0.1, 0.15) is 11.5 Å². The molecular weight excluding hydrogens is 418 g/mol. The van der Waals surface area contributed by atoms with E-state index in [2.05, 4.69) is 15.6 Å². The van der Waals surface area contributed by atoms with Crippen LogP contribution in [0.3, 0.4) is 0 Å². The Morgan fingerprint density at radius 1 is 1.14 bits per heavy atom. The van der Waals surface area contributed by atoms with Crippen LogP contribution in [0.25, 0.3) is 11.3 Å². The third-order valence-corrected chi connectivity index (χ3v) is 4.94. The first-order valence-corrected chi connectivity index (χ1v) is 9.72. The van der Waals surface area contributed by atoms with Crippen molar-refractivity contribution in [1.29, 1.82) is 0 Å². The predicted octanol–water partition coefficient (Wildman–Crippen LogP) is 4.61. The Kier molecular flexibility index (Phi) is 6.45. The second kappa shape index (κ2) is 9.01. The van der Waals surface area contributed by atoms with E-state index in [0.717, 1.165) is 17.0 Å². The number of carbonyl (C=O) groups is 1. The largest absolute Gasteiger partial charge is 0.497 e. The predicted molar refractivity (Wildman–Crippen MR) is 116 cm³/mol. The van der Waals surface area contributed by atoms with E-state index in [9.17, 15) is 4.79 Å². The molecule has 0 radical (unpaired) electrons. The zero-order valence-corrected chi connectivity index (χ0v) is 17.4. The van der Waals surface area contributed by atoms with Gasteiger partial charge in [0, 0.05) is 16.0 Å². The van der Waals surface area contributed by atoms with Gasteiger partial charge in [-0.1, -0.05) is 11.6 Å². The molecular formula is C19H16ClN3O3S2. The minimum atomic E-state index is -0.427. The van der Waals surface area contributed by atoms with Crippen molar-refractivity contribution in [2.24, 2.45) is 0 Å². The summed E-state index contributed by atoms with van der Waals surface area (Å²) in [7, 11) is 3.10. The molecule has 28 heavy (non-hydrogen) atoms. The monoisotopic (exact) mass is 433 g/mol. The lowest BCUT2D eigenvalue weighted by Gasteiger charge is -2.10. The number of benzene rings is 2. The number of carbonyl (C=O) groups excluding carboxylic acids is 1. The summed E-state index contributed by atoms with van der Waals surface area (Å²) < 4.78 is 10.3. The summed E-state index contributed by atoms with van der Waals surface area (Å²) in [6, 6.07) is 12.4. The Hall–Kier alpha value is -2.68. The molecule has 0 unspecified atom stereocenters. The van der Waals surface area contributed by atoms with Crippen LogP contribution in [0.15, 0.2) is 47.8 Å². The zero-order chi connectivity index (χ0) is 20.1. The summed E-state index contributed by atoms with van der Waals surface area (Å²) in [5.74, 6) is 0.752. The molecule has 3 aromatic rings. The fraction of sp³-hybridized carbons (Fsp3) is 0.105. The highest BCUT2D eigenvalue weighted by atomic mass is 35.5. The Balaban J connectivity index is 1.66. The van der Waals surface area contributed by atoms with Gasteiger partial charge in [-0.25, -0.2) is 4.98 Å². The fourth-order valence-corrected chi connectivity index (χ4v) is 3.53. The van der Waals surface area contributed by atoms with Crippen LogP contribution in [-0.4, -0.2) is 30.2 Å². The van der Waals surface area contributed by atoms with Crippen LogP contribution >= 0.6 is 35.2 Å². The number of ether oxygens (including phenoxy) is 2. The summed E-state index contributed by atoms with van der Waals surface area (Å²) in [6.45, 7) is 0. The molecule has 2 N–H and O–H groups in total. The minimum absolute atomic E-state index is 0.127. The molecule has 0 aliphatic rings.